The molecular formula is C16H26N2. The van der Waals surface area contributed by atoms with Gasteiger partial charge in [-0.15, -0.1) is 0 Å². The van der Waals surface area contributed by atoms with Gasteiger partial charge in [-0.3, -0.25) is 0 Å². The predicted molar refractivity (Wildman–Crippen MR) is 77.9 cm³/mol. The second-order valence-corrected chi connectivity index (χ2v) is 6.55. The number of nitrogens with zero attached hydrogens (tertiary/aromatic N) is 1. The van der Waals surface area contributed by atoms with Crippen molar-refractivity contribution in [2.75, 3.05) is 19.6 Å². The van der Waals surface area contributed by atoms with Gasteiger partial charge in [0.2, 0.25) is 0 Å². The summed E-state index contributed by atoms with van der Waals surface area (Å²) in [7, 11) is 0. The maximum Gasteiger partial charge on any atom is 0.0180 e. The van der Waals surface area contributed by atoms with Crippen molar-refractivity contribution in [3.8, 4) is 0 Å². The Bertz CT molecular complexity index is 392. The van der Waals surface area contributed by atoms with Crippen LogP contribution in [-0.4, -0.2) is 30.6 Å². The first kappa shape index (κ1) is 13.6. The minimum Gasteiger partial charge on any atom is -0.326 e. The number of benzene rings is 1. The van der Waals surface area contributed by atoms with E-state index in [0.717, 1.165) is 25.9 Å². The molecule has 18 heavy (non-hydrogen) atoms. The summed E-state index contributed by atoms with van der Waals surface area (Å²) in [5.74, 6) is 0. The van der Waals surface area contributed by atoms with Crippen LogP contribution in [0.5, 0.6) is 0 Å². The number of likely N-dealkylation sites (tertiary alicyclic amines) is 1. The summed E-state index contributed by atoms with van der Waals surface area (Å²) in [6, 6.07) is 9.41. The maximum atomic E-state index is 5.93. The average Bonchev–Trinajstić information content (AvgIpc) is 2.72. The molecule has 2 nitrogen and oxygen atoms in total. The van der Waals surface area contributed by atoms with Crippen LogP contribution in [0.3, 0.4) is 0 Å². The third kappa shape index (κ3) is 3.56. The zero-order valence-electron chi connectivity index (χ0n) is 11.9. The highest BCUT2D eigenvalue weighted by Crippen LogP contribution is 2.23. The quantitative estimate of drug-likeness (QED) is 0.888. The molecule has 2 rings (SSSR count). The monoisotopic (exact) mass is 246 g/mol. The lowest BCUT2D eigenvalue weighted by atomic mass is 9.86. The second kappa shape index (κ2) is 5.41. The molecule has 1 heterocycles. The Labute approximate surface area is 111 Å². The number of hydrogen-bond donors (Lipinski definition) is 1. The average molecular weight is 246 g/mol. The molecule has 0 amide bonds. The van der Waals surface area contributed by atoms with Crippen LogP contribution < -0.4 is 5.73 Å². The van der Waals surface area contributed by atoms with E-state index in [1.807, 2.05) is 0 Å². The van der Waals surface area contributed by atoms with Gasteiger partial charge in [0, 0.05) is 19.1 Å². The largest absolute Gasteiger partial charge is 0.326 e. The highest BCUT2D eigenvalue weighted by molar-refractivity contribution is 5.28. The van der Waals surface area contributed by atoms with E-state index in [2.05, 4.69) is 49.9 Å². The van der Waals surface area contributed by atoms with Crippen molar-refractivity contribution in [1.82, 2.24) is 4.90 Å². The molecule has 0 spiro atoms. The van der Waals surface area contributed by atoms with Gasteiger partial charge in [0.1, 0.15) is 0 Å². The first-order valence-corrected chi connectivity index (χ1v) is 7.02. The molecule has 1 saturated heterocycles. The molecule has 1 atom stereocenters. The highest BCUT2D eigenvalue weighted by atomic mass is 15.2. The molecule has 1 aromatic carbocycles. The summed E-state index contributed by atoms with van der Waals surface area (Å²) in [5, 5.41) is 0. The zero-order valence-corrected chi connectivity index (χ0v) is 11.9. The first-order chi connectivity index (χ1) is 8.45. The van der Waals surface area contributed by atoms with Crippen LogP contribution in [0.4, 0.5) is 0 Å². The van der Waals surface area contributed by atoms with Crippen molar-refractivity contribution in [1.29, 1.82) is 0 Å². The molecule has 0 aromatic heterocycles. The van der Waals surface area contributed by atoms with Crippen molar-refractivity contribution in [2.24, 2.45) is 5.73 Å². The van der Waals surface area contributed by atoms with Gasteiger partial charge in [0.15, 0.2) is 0 Å². The number of rotatable bonds is 3. The van der Waals surface area contributed by atoms with Gasteiger partial charge in [0.25, 0.3) is 0 Å². The smallest absolute Gasteiger partial charge is 0.0180 e. The normalized spacial score (nSPS) is 21.4. The minimum absolute atomic E-state index is 0.242. The topological polar surface area (TPSA) is 29.3 Å². The summed E-state index contributed by atoms with van der Waals surface area (Å²) >= 11 is 0. The van der Waals surface area contributed by atoms with Crippen LogP contribution in [-0.2, 0) is 11.8 Å². The van der Waals surface area contributed by atoms with Crippen molar-refractivity contribution in [3.05, 3.63) is 35.4 Å². The molecule has 2 heteroatoms. The molecule has 0 unspecified atom stereocenters. The summed E-state index contributed by atoms with van der Waals surface area (Å²) in [6.07, 6.45) is 2.29. The summed E-state index contributed by atoms with van der Waals surface area (Å²) < 4.78 is 0. The Hall–Kier alpha value is -0.860. The Balaban J connectivity index is 1.93. The predicted octanol–water partition coefficient (Wildman–Crippen LogP) is 2.56. The maximum absolute atomic E-state index is 5.93. The number of nitrogens with two attached hydrogens (primary N) is 1. The van der Waals surface area contributed by atoms with Gasteiger partial charge < -0.3 is 10.6 Å². The van der Waals surface area contributed by atoms with Gasteiger partial charge in [-0.05, 0) is 35.9 Å². The zero-order chi connectivity index (χ0) is 13.2. The SMILES string of the molecule is CC(C)(C)c1cccc(CCN2CC[C@@H](N)C2)c1. The summed E-state index contributed by atoms with van der Waals surface area (Å²) in [4.78, 5) is 2.48. The second-order valence-electron chi connectivity index (χ2n) is 6.55. The summed E-state index contributed by atoms with van der Waals surface area (Å²) in [5.41, 5.74) is 9.05. The standard InChI is InChI=1S/C16H26N2/c1-16(2,3)14-6-4-5-13(11-14)7-9-18-10-8-15(17)12-18/h4-6,11,15H,7-10,12,17H2,1-3H3/t15-/m1/s1. The molecule has 1 aromatic rings. The van der Waals surface area contributed by atoms with Gasteiger partial charge >= 0.3 is 0 Å². The fourth-order valence-corrected chi connectivity index (χ4v) is 2.55. The van der Waals surface area contributed by atoms with E-state index in [0.29, 0.717) is 6.04 Å². The third-order valence-electron chi connectivity index (χ3n) is 3.82. The van der Waals surface area contributed by atoms with Crippen molar-refractivity contribution in [3.63, 3.8) is 0 Å². The van der Waals surface area contributed by atoms with Crippen LogP contribution in [0.25, 0.3) is 0 Å². The van der Waals surface area contributed by atoms with Gasteiger partial charge in [-0.2, -0.15) is 0 Å². The van der Waals surface area contributed by atoms with Gasteiger partial charge in [-0.25, -0.2) is 0 Å². The lowest BCUT2D eigenvalue weighted by Crippen LogP contribution is -2.28. The van der Waals surface area contributed by atoms with Crippen molar-refractivity contribution >= 4 is 0 Å². The molecule has 2 N–H and O–H groups in total. The first-order valence-electron chi connectivity index (χ1n) is 7.02. The Morgan fingerprint density at radius 1 is 1.33 bits per heavy atom. The molecule has 0 aliphatic carbocycles. The van der Waals surface area contributed by atoms with E-state index in [1.165, 1.54) is 17.7 Å². The van der Waals surface area contributed by atoms with E-state index in [1.54, 1.807) is 0 Å². The Kier molecular flexibility index (Phi) is 4.08. The third-order valence-corrected chi connectivity index (χ3v) is 3.82. The molecule has 0 radical (unpaired) electrons. The minimum atomic E-state index is 0.242. The lowest BCUT2D eigenvalue weighted by molar-refractivity contribution is 0.339. The molecule has 1 aliphatic rings. The summed E-state index contributed by atoms with van der Waals surface area (Å²) in [6.45, 7) is 10.2. The van der Waals surface area contributed by atoms with Gasteiger partial charge in [-0.1, -0.05) is 45.0 Å². The fourth-order valence-electron chi connectivity index (χ4n) is 2.55. The van der Waals surface area contributed by atoms with E-state index >= 15 is 0 Å². The Morgan fingerprint density at radius 2 is 2.11 bits per heavy atom. The van der Waals surface area contributed by atoms with Crippen LogP contribution in [0.1, 0.15) is 38.3 Å². The molecule has 1 aliphatic heterocycles. The van der Waals surface area contributed by atoms with Crippen molar-refractivity contribution < 1.29 is 0 Å². The van der Waals surface area contributed by atoms with Crippen LogP contribution in [0, 0.1) is 0 Å². The van der Waals surface area contributed by atoms with E-state index in [9.17, 15) is 0 Å². The highest BCUT2D eigenvalue weighted by Gasteiger charge is 2.18. The van der Waals surface area contributed by atoms with E-state index in [-0.39, 0.29) is 5.41 Å². The van der Waals surface area contributed by atoms with E-state index in [4.69, 9.17) is 5.73 Å². The molecule has 100 valence electrons. The lowest BCUT2D eigenvalue weighted by Gasteiger charge is -2.20. The van der Waals surface area contributed by atoms with Crippen LogP contribution >= 0.6 is 0 Å². The van der Waals surface area contributed by atoms with Crippen LogP contribution in [0.15, 0.2) is 24.3 Å². The molecule has 0 saturated carbocycles. The number of hydrogen-bond acceptors (Lipinski definition) is 2. The molecule has 0 bridgehead atoms. The molecular weight excluding hydrogens is 220 g/mol. The van der Waals surface area contributed by atoms with Crippen LogP contribution in [0.2, 0.25) is 0 Å². The van der Waals surface area contributed by atoms with Gasteiger partial charge in [0.05, 0.1) is 0 Å². The molecule has 1 fully saturated rings. The fraction of sp³-hybridized carbons (Fsp3) is 0.625. The Morgan fingerprint density at radius 3 is 2.72 bits per heavy atom. The van der Waals surface area contributed by atoms with E-state index < -0.39 is 0 Å². The van der Waals surface area contributed by atoms with Crippen molar-refractivity contribution in [2.45, 2.75) is 45.1 Å².